The first-order valence-corrected chi connectivity index (χ1v) is 8.52. The molecule has 0 aliphatic heterocycles. The normalized spacial score (nSPS) is 20.5. The minimum Gasteiger partial charge on any atom is -0.310 e. The molecule has 0 unspecified atom stereocenters. The Morgan fingerprint density at radius 3 is 3.14 bits per heavy atom. The molecule has 0 saturated heterocycles. The Balaban J connectivity index is 1.47. The topological polar surface area (TPSA) is 53.6 Å². The van der Waals surface area contributed by atoms with Crippen LogP contribution in [-0.2, 0) is 32.2 Å². The van der Waals surface area contributed by atoms with Gasteiger partial charge in [0.1, 0.15) is 0 Å². The van der Waals surface area contributed by atoms with E-state index in [1.165, 1.54) is 53.8 Å². The summed E-state index contributed by atoms with van der Waals surface area (Å²) in [6.45, 7) is 3.09. The minimum atomic E-state index is 0.556. The van der Waals surface area contributed by atoms with Crippen LogP contribution in [-0.4, -0.2) is 21.2 Å². The van der Waals surface area contributed by atoms with Gasteiger partial charge >= 0.3 is 0 Å². The molecule has 1 atom stereocenters. The van der Waals surface area contributed by atoms with Crippen LogP contribution >= 0.6 is 0 Å². The Hall–Kier alpha value is -1.68. The summed E-state index contributed by atoms with van der Waals surface area (Å²) < 4.78 is 0. The number of rotatable bonds is 3. The number of aromatic nitrogens is 3. The molecule has 2 aromatic rings. The maximum Gasteiger partial charge on any atom is 0.0522 e. The molecule has 0 radical (unpaired) electrons. The molecule has 0 amide bonds. The van der Waals surface area contributed by atoms with Crippen LogP contribution in [0.15, 0.2) is 12.3 Å². The van der Waals surface area contributed by atoms with E-state index in [4.69, 9.17) is 4.98 Å². The lowest BCUT2D eigenvalue weighted by molar-refractivity contribution is 0.452. The van der Waals surface area contributed by atoms with Crippen LogP contribution in [0.4, 0.5) is 0 Å². The third-order valence-corrected chi connectivity index (χ3v) is 5.12. The van der Waals surface area contributed by atoms with Crippen molar-refractivity contribution >= 4 is 0 Å². The van der Waals surface area contributed by atoms with Gasteiger partial charge in [0.25, 0.3) is 0 Å². The standard InChI is InChI=1S/C18H24N4/c1-12-8-14(16-4-2-3-5-17(16)21-12)10-19-15-7-6-13-11-20-22-18(13)9-15/h8,11,15,19H,2-7,9-10H2,1H3,(H,20,22)/t15-/m0/s1. The predicted molar refractivity (Wildman–Crippen MR) is 86.9 cm³/mol. The Labute approximate surface area is 131 Å². The van der Waals surface area contributed by atoms with Gasteiger partial charge < -0.3 is 5.32 Å². The second-order valence-electron chi connectivity index (χ2n) is 6.75. The fourth-order valence-electron chi connectivity index (χ4n) is 3.94. The first kappa shape index (κ1) is 13.9. The third kappa shape index (κ3) is 2.68. The van der Waals surface area contributed by atoms with Crippen LogP contribution in [0.25, 0.3) is 0 Å². The second-order valence-corrected chi connectivity index (χ2v) is 6.75. The van der Waals surface area contributed by atoms with Crippen molar-refractivity contribution in [3.8, 4) is 0 Å². The van der Waals surface area contributed by atoms with E-state index in [1.54, 1.807) is 0 Å². The van der Waals surface area contributed by atoms with Gasteiger partial charge in [-0.3, -0.25) is 10.1 Å². The second kappa shape index (κ2) is 5.84. The number of nitrogens with one attached hydrogen (secondary N) is 2. The molecule has 2 aliphatic rings. The number of fused-ring (bicyclic) bond motifs is 2. The van der Waals surface area contributed by atoms with Crippen molar-refractivity contribution in [1.82, 2.24) is 20.5 Å². The fourth-order valence-corrected chi connectivity index (χ4v) is 3.94. The van der Waals surface area contributed by atoms with Crippen molar-refractivity contribution in [1.29, 1.82) is 0 Å². The van der Waals surface area contributed by atoms with E-state index < -0.39 is 0 Å². The maximum absolute atomic E-state index is 4.75. The van der Waals surface area contributed by atoms with E-state index >= 15 is 0 Å². The molecule has 2 heterocycles. The molecule has 4 rings (SSSR count). The number of aryl methyl sites for hydroxylation is 3. The lowest BCUT2D eigenvalue weighted by atomic mass is 9.90. The summed E-state index contributed by atoms with van der Waals surface area (Å²) in [7, 11) is 0. The number of aromatic amines is 1. The summed E-state index contributed by atoms with van der Waals surface area (Å²) >= 11 is 0. The average Bonchev–Trinajstić information content (AvgIpc) is 3.00. The molecule has 4 nitrogen and oxygen atoms in total. The van der Waals surface area contributed by atoms with Crippen molar-refractivity contribution < 1.29 is 0 Å². The number of H-pyrrole nitrogens is 1. The van der Waals surface area contributed by atoms with Gasteiger partial charge in [-0.05, 0) is 68.2 Å². The van der Waals surface area contributed by atoms with Gasteiger partial charge in [-0.1, -0.05) is 0 Å². The molecule has 0 fully saturated rings. The lowest BCUT2D eigenvalue weighted by Crippen LogP contribution is -2.34. The Morgan fingerprint density at radius 2 is 2.18 bits per heavy atom. The highest BCUT2D eigenvalue weighted by molar-refractivity contribution is 5.34. The van der Waals surface area contributed by atoms with Crippen molar-refractivity contribution in [3.05, 3.63) is 46.0 Å². The maximum atomic E-state index is 4.75. The summed E-state index contributed by atoms with van der Waals surface area (Å²) in [6, 6.07) is 2.84. The fraction of sp³-hybridized carbons (Fsp3) is 0.556. The van der Waals surface area contributed by atoms with Crippen molar-refractivity contribution in [2.45, 2.75) is 64.5 Å². The lowest BCUT2D eigenvalue weighted by Gasteiger charge is -2.25. The molecule has 0 bridgehead atoms. The molecule has 116 valence electrons. The summed E-state index contributed by atoms with van der Waals surface area (Å²) in [4.78, 5) is 4.75. The van der Waals surface area contributed by atoms with Crippen LogP contribution in [0, 0.1) is 6.92 Å². The smallest absolute Gasteiger partial charge is 0.0522 e. The zero-order valence-electron chi connectivity index (χ0n) is 13.3. The van der Waals surface area contributed by atoms with Crippen LogP contribution < -0.4 is 5.32 Å². The van der Waals surface area contributed by atoms with Crippen LogP contribution in [0.5, 0.6) is 0 Å². The van der Waals surface area contributed by atoms with Gasteiger partial charge in [0.05, 0.1) is 6.20 Å². The van der Waals surface area contributed by atoms with Gasteiger partial charge in [0.15, 0.2) is 0 Å². The molecular weight excluding hydrogens is 272 g/mol. The van der Waals surface area contributed by atoms with E-state index in [0.29, 0.717) is 6.04 Å². The molecule has 0 aromatic carbocycles. The van der Waals surface area contributed by atoms with E-state index in [1.807, 2.05) is 6.20 Å². The molecule has 0 saturated carbocycles. The summed E-state index contributed by atoms with van der Waals surface area (Å²) in [5.74, 6) is 0. The summed E-state index contributed by atoms with van der Waals surface area (Å²) in [5.41, 5.74) is 8.21. The SMILES string of the molecule is Cc1cc(CN[C@H]2CCc3cn[nH]c3C2)c2c(n1)CCCC2. The van der Waals surface area contributed by atoms with E-state index in [0.717, 1.165) is 31.5 Å². The summed E-state index contributed by atoms with van der Waals surface area (Å²) in [5, 5.41) is 11.1. The first-order valence-electron chi connectivity index (χ1n) is 8.52. The molecule has 2 aromatic heterocycles. The highest BCUT2D eigenvalue weighted by Gasteiger charge is 2.21. The molecule has 2 N–H and O–H groups in total. The quantitative estimate of drug-likeness (QED) is 0.915. The predicted octanol–water partition coefficient (Wildman–Crippen LogP) is 2.64. The largest absolute Gasteiger partial charge is 0.310 e. The number of hydrogen-bond acceptors (Lipinski definition) is 3. The molecule has 2 aliphatic carbocycles. The Morgan fingerprint density at radius 1 is 1.27 bits per heavy atom. The average molecular weight is 296 g/mol. The number of nitrogens with zero attached hydrogens (tertiary/aromatic N) is 2. The van der Waals surface area contributed by atoms with Crippen molar-refractivity contribution in [2.75, 3.05) is 0 Å². The zero-order valence-corrected chi connectivity index (χ0v) is 13.3. The molecule has 22 heavy (non-hydrogen) atoms. The first-order chi connectivity index (χ1) is 10.8. The van der Waals surface area contributed by atoms with Gasteiger partial charge in [-0.15, -0.1) is 0 Å². The van der Waals surface area contributed by atoms with Gasteiger partial charge in [-0.25, -0.2) is 0 Å². The van der Waals surface area contributed by atoms with Crippen LogP contribution in [0.3, 0.4) is 0 Å². The molecule has 4 heteroatoms. The van der Waals surface area contributed by atoms with Crippen LogP contribution in [0.2, 0.25) is 0 Å². The van der Waals surface area contributed by atoms with Crippen molar-refractivity contribution in [3.63, 3.8) is 0 Å². The van der Waals surface area contributed by atoms with Gasteiger partial charge in [-0.2, -0.15) is 5.10 Å². The summed E-state index contributed by atoms with van der Waals surface area (Å²) in [6.07, 6.45) is 10.4. The highest BCUT2D eigenvalue weighted by atomic mass is 15.1. The Kier molecular flexibility index (Phi) is 3.70. The van der Waals surface area contributed by atoms with E-state index in [9.17, 15) is 0 Å². The minimum absolute atomic E-state index is 0.556. The van der Waals surface area contributed by atoms with E-state index in [2.05, 4.69) is 28.5 Å². The Bertz CT molecular complexity index is 674. The highest BCUT2D eigenvalue weighted by Crippen LogP contribution is 2.25. The van der Waals surface area contributed by atoms with E-state index in [-0.39, 0.29) is 0 Å². The van der Waals surface area contributed by atoms with Crippen molar-refractivity contribution in [2.24, 2.45) is 0 Å². The van der Waals surface area contributed by atoms with Gasteiger partial charge in [0, 0.05) is 36.1 Å². The zero-order chi connectivity index (χ0) is 14.9. The monoisotopic (exact) mass is 296 g/mol. The van der Waals surface area contributed by atoms with Crippen LogP contribution in [0.1, 0.15) is 53.0 Å². The number of hydrogen-bond donors (Lipinski definition) is 2. The number of pyridine rings is 1. The molecular formula is C18H24N4. The molecule has 0 spiro atoms. The van der Waals surface area contributed by atoms with Gasteiger partial charge in [0.2, 0.25) is 0 Å². The third-order valence-electron chi connectivity index (χ3n) is 5.12.